The van der Waals surface area contributed by atoms with E-state index in [1.165, 1.54) is 0 Å². The van der Waals surface area contributed by atoms with Crippen LogP contribution in [-0.2, 0) is 17.0 Å². The number of nitrogen functional groups attached to an aromatic ring is 1. The lowest BCUT2D eigenvalue weighted by Crippen LogP contribution is -2.24. The minimum Gasteiger partial charge on any atom is -0.475 e. The van der Waals surface area contributed by atoms with Crippen molar-refractivity contribution in [3.05, 3.63) is 22.3 Å². The van der Waals surface area contributed by atoms with E-state index >= 15 is 4.39 Å². The first kappa shape index (κ1) is 20.7. The van der Waals surface area contributed by atoms with E-state index in [4.69, 9.17) is 38.4 Å². The SMILES string of the molecule is Nc1c(OCCCn2nc(Cl)c3cnc(Cl)nc32)nn(C2CCOCC2)c1C1(F)CC1. The molecule has 2 aliphatic rings. The van der Waals surface area contributed by atoms with Crippen LogP contribution in [-0.4, -0.2) is 49.3 Å². The molecule has 0 bridgehead atoms. The molecule has 0 unspecified atom stereocenters. The van der Waals surface area contributed by atoms with Gasteiger partial charge in [-0.3, -0.25) is 4.68 Å². The zero-order valence-electron chi connectivity index (χ0n) is 16.7. The molecular formula is C19H22Cl2FN7O2. The zero-order valence-corrected chi connectivity index (χ0v) is 18.2. The van der Waals surface area contributed by atoms with Crippen LogP contribution >= 0.6 is 23.2 Å². The summed E-state index contributed by atoms with van der Waals surface area (Å²) in [5, 5.41) is 9.89. The standard InChI is InChI=1S/C19H22Cl2FN7O2/c20-15-12-10-24-18(21)25-16(12)28(26-15)6-1-7-31-17-13(23)14(19(22)4-5-19)29(27-17)11-2-8-30-9-3-11/h10-11H,1-9,23H2. The first-order valence-corrected chi connectivity index (χ1v) is 11.0. The highest BCUT2D eigenvalue weighted by Gasteiger charge is 2.51. The number of rotatable bonds is 7. The fourth-order valence-electron chi connectivity index (χ4n) is 3.96. The van der Waals surface area contributed by atoms with E-state index in [9.17, 15) is 0 Å². The maximum Gasteiger partial charge on any atom is 0.256 e. The summed E-state index contributed by atoms with van der Waals surface area (Å²) in [7, 11) is 0. The lowest BCUT2D eigenvalue weighted by molar-refractivity contribution is 0.0632. The molecule has 12 heteroatoms. The van der Waals surface area contributed by atoms with Crippen molar-refractivity contribution in [2.45, 2.75) is 50.4 Å². The Hall–Kier alpha value is -2.17. The number of nitrogens with two attached hydrogens (primary N) is 1. The molecule has 3 aromatic rings. The van der Waals surface area contributed by atoms with E-state index in [0.717, 1.165) is 12.8 Å². The Morgan fingerprint density at radius 2 is 2.03 bits per heavy atom. The van der Waals surface area contributed by atoms with Crippen molar-refractivity contribution in [2.75, 3.05) is 25.6 Å². The van der Waals surface area contributed by atoms with Crippen molar-refractivity contribution in [2.24, 2.45) is 0 Å². The summed E-state index contributed by atoms with van der Waals surface area (Å²) in [6.45, 7) is 2.09. The molecule has 0 amide bonds. The minimum atomic E-state index is -1.40. The number of anilines is 1. The largest absolute Gasteiger partial charge is 0.475 e. The Labute approximate surface area is 187 Å². The number of alkyl halides is 1. The fraction of sp³-hybridized carbons (Fsp3) is 0.579. The average molecular weight is 470 g/mol. The lowest BCUT2D eigenvalue weighted by Gasteiger charge is -2.24. The molecule has 3 aromatic heterocycles. The van der Waals surface area contributed by atoms with Gasteiger partial charge in [-0.2, -0.15) is 10.1 Å². The predicted molar refractivity (Wildman–Crippen MR) is 113 cm³/mol. The summed E-state index contributed by atoms with van der Waals surface area (Å²) in [6.07, 6.45) is 4.62. The van der Waals surface area contributed by atoms with Crippen LogP contribution < -0.4 is 10.5 Å². The van der Waals surface area contributed by atoms with E-state index in [1.54, 1.807) is 15.6 Å². The van der Waals surface area contributed by atoms with Gasteiger partial charge in [0.05, 0.1) is 18.0 Å². The van der Waals surface area contributed by atoms with Crippen molar-refractivity contribution in [1.29, 1.82) is 0 Å². The Morgan fingerprint density at radius 3 is 2.77 bits per heavy atom. The first-order valence-electron chi connectivity index (χ1n) is 10.3. The van der Waals surface area contributed by atoms with Gasteiger partial charge < -0.3 is 15.2 Å². The normalized spacial score (nSPS) is 18.5. The van der Waals surface area contributed by atoms with Gasteiger partial charge in [0.1, 0.15) is 11.4 Å². The second-order valence-corrected chi connectivity index (χ2v) is 8.61. The molecule has 1 aliphatic heterocycles. The number of halogens is 3. The number of fused-ring (bicyclic) bond motifs is 1. The quantitative estimate of drug-likeness (QED) is 0.415. The minimum absolute atomic E-state index is 0.0682. The Kier molecular flexibility index (Phi) is 5.39. The second-order valence-electron chi connectivity index (χ2n) is 7.91. The van der Waals surface area contributed by atoms with Gasteiger partial charge in [-0.05, 0) is 37.3 Å². The third kappa shape index (κ3) is 3.92. The molecule has 0 atom stereocenters. The number of ether oxygens (including phenoxy) is 2. The van der Waals surface area contributed by atoms with Crippen molar-refractivity contribution in [3.63, 3.8) is 0 Å². The molecule has 2 N–H and O–H groups in total. The van der Waals surface area contributed by atoms with Gasteiger partial charge in [-0.15, -0.1) is 5.10 Å². The van der Waals surface area contributed by atoms with Crippen LogP contribution in [0.2, 0.25) is 10.4 Å². The average Bonchev–Trinajstić information content (AvgIpc) is 3.30. The number of nitrogens with zero attached hydrogens (tertiary/aromatic N) is 6. The highest BCUT2D eigenvalue weighted by atomic mass is 35.5. The van der Waals surface area contributed by atoms with Crippen LogP contribution in [0.15, 0.2) is 6.20 Å². The first-order chi connectivity index (χ1) is 15.0. The van der Waals surface area contributed by atoms with E-state index in [2.05, 4.69) is 20.2 Å². The Morgan fingerprint density at radius 1 is 1.26 bits per heavy atom. The summed E-state index contributed by atoms with van der Waals surface area (Å²) in [5.41, 5.74) is 6.18. The van der Waals surface area contributed by atoms with Crippen LogP contribution in [0.4, 0.5) is 10.1 Å². The van der Waals surface area contributed by atoms with Crippen LogP contribution in [0, 0.1) is 0 Å². The number of hydrogen-bond acceptors (Lipinski definition) is 7. The highest BCUT2D eigenvalue weighted by Crippen LogP contribution is 2.54. The molecular weight excluding hydrogens is 448 g/mol. The monoisotopic (exact) mass is 469 g/mol. The third-order valence-corrected chi connectivity index (χ3v) is 6.19. The van der Waals surface area contributed by atoms with E-state index < -0.39 is 5.67 Å². The van der Waals surface area contributed by atoms with Crippen LogP contribution in [0.25, 0.3) is 11.0 Å². The summed E-state index contributed by atoms with van der Waals surface area (Å²) in [6, 6.07) is 0.0682. The van der Waals surface area contributed by atoms with Crippen LogP contribution in [0.5, 0.6) is 5.88 Å². The van der Waals surface area contributed by atoms with Crippen LogP contribution in [0.1, 0.15) is 43.8 Å². The molecule has 9 nitrogen and oxygen atoms in total. The van der Waals surface area contributed by atoms with Gasteiger partial charge >= 0.3 is 0 Å². The zero-order chi connectivity index (χ0) is 21.6. The molecule has 0 spiro atoms. The molecule has 1 saturated carbocycles. The molecule has 31 heavy (non-hydrogen) atoms. The van der Waals surface area contributed by atoms with Crippen molar-refractivity contribution < 1.29 is 13.9 Å². The molecule has 1 aliphatic carbocycles. The third-order valence-electron chi connectivity index (χ3n) is 5.73. The maximum atomic E-state index is 15.0. The Balaban J connectivity index is 1.29. The van der Waals surface area contributed by atoms with Gasteiger partial charge in [0.25, 0.3) is 5.88 Å². The molecule has 2 fully saturated rings. The summed E-state index contributed by atoms with van der Waals surface area (Å²) >= 11 is 12.0. The predicted octanol–water partition coefficient (Wildman–Crippen LogP) is 3.69. The van der Waals surface area contributed by atoms with Gasteiger partial charge in [0, 0.05) is 32.4 Å². The number of aryl methyl sites for hydroxylation is 1. The van der Waals surface area contributed by atoms with E-state index in [-0.39, 0.29) is 17.2 Å². The van der Waals surface area contributed by atoms with Crippen molar-refractivity contribution in [3.8, 4) is 5.88 Å². The topological polar surface area (TPSA) is 106 Å². The summed E-state index contributed by atoms with van der Waals surface area (Å²) < 4.78 is 29.7. The van der Waals surface area contributed by atoms with Gasteiger partial charge in [0.15, 0.2) is 16.5 Å². The van der Waals surface area contributed by atoms with E-state index in [1.807, 2.05) is 0 Å². The maximum absolute atomic E-state index is 15.0. The molecule has 166 valence electrons. The van der Waals surface area contributed by atoms with Crippen LogP contribution in [0.3, 0.4) is 0 Å². The number of hydrogen-bond donors (Lipinski definition) is 1. The van der Waals surface area contributed by atoms with Crippen molar-refractivity contribution >= 4 is 39.9 Å². The van der Waals surface area contributed by atoms with E-state index in [0.29, 0.717) is 73.2 Å². The molecule has 0 radical (unpaired) electrons. The van der Waals surface area contributed by atoms with Gasteiger partial charge in [-0.25, -0.2) is 14.1 Å². The van der Waals surface area contributed by atoms with Gasteiger partial charge in [0.2, 0.25) is 5.28 Å². The van der Waals surface area contributed by atoms with Gasteiger partial charge in [-0.1, -0.05) is 11.6 Å². The highest BCUT2D eigenvalue weighted by molar-refractivity contribution is 6.34. The smallest absolute Gasteiger partial charge is 0.256 e. The number of aromatic nitrogens is 6. The second kappa shape index (κ2) is 8.07. The fourth-order valence-corrected chi connectivity index (χ4v) is 4.31. The summed E-state index contributed by atoms with van der Waals surface area (Å²) in [5.74, 6) is 0.277. The molecule has 1 saturated heterocycles. The van der Waals surface area contributed by atoms with Crippen molar-refractivity contribution in [1.82, 2.24) is 29.5 Å². The molecule has 5 rings (SSSR count). The molecule has 4 heterocycles. The molecule has 0 aromatic carbocycles. The Bertz CT molecular complexity index is 1110. The summed E-state index contributed by atoms with van der Waals surface area (Å²) in [4.78, 5) is 8.12. The lowest BCUT2D eigenvalue weighted by atomic mass is 10.1.